The summed E-state index contributed by atoms with van der Waals surface area (Å²) in [7, 11) is -22.0. The number of unbranched alkanes of at least 4 members (excludes halogenated alkanes) is 4. The standard InChI is InChI=1S/C65H74FN8O21P3S/c1-64(2)36-72(56-43-19-11-9-17-41(43)45-31-46-42-18-10-12-20-44(42)57-55(59(46)93-58(45)54(56)64)65(3,4)37-73(57)27-14-6-8-22-52(76)77)26-13-5-7-21-50(75)69-33-39-24-23-38(30-49(39)99(87,88)89)61(78)68-25-29-90-28-15-16-40-34-74(60-53(40)62(79)71-63(67)70-60)51-32-47(66)48(92-51)35-91-97(83,84)95-98(85,86)94-96(80,81)82/h9-12,17-20,23-24,30-31,34,47-48,51H,5-8,13-14,21-22,25-29,32-33,35-37H2,1-4H3,(H10-,67,68,69,70,71,75,76,77,78,79,80,81,82,83,84,85,86,87,88,89)/p+1. The minimum Gasteiger partial charge on any atom is -0.481 e. The van der Waals surface area contributed by atoms with Gasteiger partial charge in [0.15, 0.2) is 12.2 Å². The van der Waals surface area contributed by atoms with Gasteiger partial charge in [0.2, 0.25) is 17.2 Å². The number of H-pyrrole nitrogens is 1. The number of carbonyl (C=O) groups excluding carboxylic acids is 2. The van der Waals surface area contributed by atoms with Crippen LogP contribution in [0, 0.1) is 11.8 Å². The molecule has 4 aliphatic rings. The average Bonchev–Trinajstić information content (AvgIpc) is 1.62. The number of phosphoric acid groups is 3. The van der Waals surface area contributed by atoms with E-state index in [0.29, 0.717) is 25.8 Å². The number of nitrogens with one attached hydrogen (secondary N) is 3. The molecule has 0 saturated carbocycles. The van der Waals surface area contributed by atoms with Crippen LogP contribution in [0.4, 0.5) is 16.0 Å². The van der Waals surface area contributed by atoms with Crippen LogP contribution < -0.4 is 46.7 Å². The Morgan fingerprint density at radius 2 is 1.59 bits per heavy atom. The molecule has 34 heteroatoms. The zero-order valence-corrected chi connectivity index (χ0v) is 57.8. The van der Waals surface area contributed by atoms with Gasteiger partial charge in [0.05, 0.1) is 51.1 Å². The van der Waals surface area contributed by atoms with Crippen LogP contribution in [0.3, 0.4) is 0 Å². The van der Waals surface area contributed by atoms with E-state index in [2.05, 4.69) is 137 Å². The highest BCUT2D eigenvalue weighted by Crippen LogP contribution is 2.66. The fourth-order valence-electron chi connectivity index (χ4n) is 13.6. The molecule has 5 atom stereocenters. The molecule has 0 radical (unpaired) electrons. The molecule has 0 aliphatic carbocycles. The molecule has 4 aliphatic heterocycles. The maximum atomic E-state index is 15.2. The minimum atomic E-state index is -5.85. The monoisotopic (exact) mass is 1450 g/mol. The molecule has 0 spiro atoms. The predicted molar refractivity (Wildman–Crippen MR) is 361 cm³/mol. The van der Waals surface area contributed by atoms with Crippen molar-refractivity contribution >= 4 is 102 Å². The van der Waals surface area contributed by atoms with Gasteiger partial charge in [-0.15, -0.1) is 0 Å². The number of fused-ring (bicyclic) bond motifs is 13. The highest BCUT2D eigenvalue weighted by Gasteiger charge is 2.47. The molecule has 5 aromatic carbocycles. The topological polar surface area (TPSA) is 420 Å². The number of aromatic amines is 1. The molecule has 1 fully saturated rings. The molecule has 99 heavy (non-hydrogen) atoms. The second kappa shape index (κ2) is 28.7. The summed E-state index contributed by atoms with van der Waals surface area (Å²) in [6.07, 6.45) is 2.99. The number of carbonyl (C=O) groups is 3. The Morgan fingerprint density at radius 3 is 2.31 bits per heavy atom. The summed E-state index contributed by atoms with van der Waals surface area (Å²) in [4.78, 5) is 95.9. The van der Waals surface area contributed by atoms with Crippen LogP contribution in [0.5, 0.6) is 11.5 Å². The number of aliphatic carboxylic acids is 1. The number of carboxylic acids is 1. The van der Waals surface area contributed by atoms with Crippen molar-refractivity contribution in [1.82, 2.24) is 29.7 Å². The summed E-state index contributed by atoms with van der Waals surface area (Å²) in [6.45, 7) is 10.3. The minimum absolute atomic E-state index is 0.0489. The Kier molecular flexibility index (Phi) is 21.0. The lowest BCUT2D eigenvalue weighted by atomic mass is 9.81. The van der Waals surface area contributed by atoms with E-state index in [0.717, 1.165) is 94.3 Å². The molecule has 11 N–H and O–H groups in total. The third-order valence-electron chi connectivity index (χ3n) is 17.7. The Balaban J connectivity index is 0.677. The summed E-state index contributed by atoms with van der Waals surface area (Å²) in [5.41, 5.74) is 8.93. The normalized spacial score (nSPS) is 18.7. The number of nitrogens with zero attached hydrogens (tertiary/aromatic N) is 4. The molecular formula is C65H75FN8O21P3S+. The quantitative estimate of drug-likeness (QED) is 0.00778. The number of benzene rings is 5. The third-order valence-corrected chi connectivity index (χ3v) is 22.4. The molecule has 11 rings (SSSR count). The zero-order valence-electron chi connectivity index (χ0n) is 54.3. The second-order valence-corrected chi connectivity index (χ2v) is 31.8. The number of alkyl halides is 1. The van der Waals surface area contributed by atoms with Crippen LogP contribution in [0.15, 0.2) is 82.6 Å². The number of hydrogen-bond acceptors (Lipinski definition) is 18. The fourth-order valence-corrected chi connectivity index (χ4v) is 17.4. The number of nitrogen functional groups attached to an aromatic ring is 1. The zero-order chi connectivity index (χ0) is 71.1. The molecule has 5 unspecified atom stereocenters. The number of carboxylic acid groups (broad SMARTS) is 1. The summed E-state index contributed by atoms with van der Waals surface area (Å²) in [5.74, 6) is 5.02. The first-order valence-electron chi connectivity index (χ1n) is 31.8. The highest BCUT2D eigenvalue weighted by molar-refractivity contribution is 7.85. The van der Waals surface area contributed by atoms with E-state index in [9.17, 15) is 60.7 Å². The molecule has 1 saturated heterocycles. The molecule has 0 bridgehead atoms. The average molecular weight is 1450 g/mol. The lowest BCUT2D eigenvalue weighted by Gasteiger charge is -2.28. The molecule has 528 valence electrons. The number of aromatic nitrogens is 3. The molecule has 2 aromatic heterocycles. The van der Waals surface area contributed by atoms with E-state index in [4.69, 9.17) is 29.7 Å². The van der Waals surface area contributed by atoms with E-state index in [1.807, 2.05) is 0 Å². The number of nitrogens with two attached hydrogens (primary N) is 1. The van der Waals surface area contributed by atoms with Crippen molar-refractivity contribution in [3.05, 3.63) is 127 Å². The Labute approximate surface area is 566 Å². The van der Waals surface area contributed by atoms with Gasteiger partial charge in [0.1, 0.15) is 43.2 Å². The van der Waals surface area contributed by atoms with Gasteiger partial charge in [-0.1, -0.05) is 80.6 Å². The van der Waals surface area contributed by atoms with Crippen LogP contribution >= 0.6 is 23.5 Å². The van der Waals surface area contributed by atoms with Gasteiger partial charge >= 0.3 is 29.4 Å². The summed E-state index contributed by atoms with van der Waals surface area (Å²) < 4.78 is 120. The van der Waals surface area contributed by atoms with E-state index < -0.39 is 87.4 Å². The van der Waals surface area contributed by atoms with Crippen molar-refractivity contribution in [2.45, 2.75) is 126 Å². The molecular weight excluding hydrogens is 1370 g/mol. The number of hydrogen-bond donors (Lipinski definition) is 10. The van der Waals surface area contributed by atoms with Gasteiger partial charge in [0.25, 0.3) is 21.6 Å². The van der Waals surface area contributed by atoms with Gasteiger partial charge in [-0.2, -0.15) is 22.0 Å². The fraction of sp³-hybridized carbons (Fsp3) is 0.415. The first-order valence-corrected chi connectivity index (χ1v) is 37.8. The predicted octanol–water partition coefficient (Wildman–Crippen LogP) is 6.96. The Bertz CT molecular complexity index is 4950. The second-order valence-electron chi connectivity index (χ2n) is 25.9. The van der Waals surface area contributed by atoms with Crippen molar-refractivity contribution in [1.29, 1.82) is 0 Å². The SMILES string of the molecule is CC1(C)CN(CCCCCC(=O)O)c2c1c1c(c3ccccc23)C=c2c(c3c(c4ccccc24)=[N+](CCCCCC(=O)NCc2ccc(C(=O)NCCOCC#Cc4cn(C5CC(F)C(COP(=O)(O)OP(=O)(O)OP(=O)(O)O)O5)c5nc(N)[nH]c(=O)c45)cc2S(=O)(=O)O)CC3(C)C)O1. The van der Waals surface area contributed by atoms with Crippen molar-refractivity contribution < 1.29 is 97.5 Å². The van der Waals surface area contributed by atoms with Gasteiger partial charge in [-0.25, -0.2) is 22.7 Å². The number of amides is 2. The number of phosphoric ester groups is 1. The van der Waals surface area contributed by atoms with E-state index >= 15 is 4.39 Å². The van der Waals surface area contributed by atoms with Crippen molar-refractivity contribution in [3.63, 3.8) is 0 Å². The van der Waals surface area contributed by atoms with Crippen LogP contribution in [0.1, 0.15) is 130 Å². The van der Waals surface area contributed by atoms with Gasteiger partial charge in [-0.3, -0.25) is 33.2 Å². The van der Waals surface area contributed by atoms with Gasteiger partial charge in [0, 0.05) is 90.8 Å². The first-order chi connectivity index (χ1) is 46.7. The van der Waals surface area contributed by atoms with Gasteiger partial charge in [-0.05, 0) is 80.1 Å². The maximum absolute atomic E-state index is 15.2. The van der Waals surface area contributed by atoms with Crippen molar-refractivity contribution in [2.24, 2.45) is 0 Å². The summed E-state index contributed by atoms with van der Waals surface area (Å²) >= 11 is 0. The van der Waals surface area contributed by atoms with Crippen molar-refractivity contribution in [2.75, 3.05) is 63.2 Å². The molecule has 29 nitrogen and oxygen atoms in total. The largest absolute Gasteiger partial charge is 0.490 e. The van der Waals surface area contributed by atoms with Crippen LogP contribution in [0.25, 0.3) is 38.7 Å². The lowest BCUT2D eigenvalue weighted by molar-refractivity contribution is -0.137. The van der Waals surface area contributed by atoms with E-state index in [1.54, 1.807) is 0 Å². The third kappa shape index (κ3) is 16.2. The van der Waals surface area contributed by atoms with E-state index in [1.165, 1.54) is 39.5 Å². The van der Waals surface area contributed by atoms with Gasteiger partial charge < -0.3 is 64.7 Å². The number of halogens is 1. The van der Waals surface area contributed by atoms with E-state index in [-0.39, 0.29) is 89.6 Å². The molecule has 7 aromatic rings. The first kappa shape index (κ1) is 72.5. The smallest absolute Gasteiger partial charge is 0.481 e. The van der Waals surface area contributed by atoms with Crippen LogP contribution in [-0.4, -0.2) is 135 Å². The Hall–Kier alpha value is -7.75. The van der Waals surface area contributed by atoms with Crippen LogP contribution in [0.2, 0.25) is 0 Å². The number of rotatable bonds is 28. The maximum Gasteiger partial charge on any atom is 0.490 e. The summed E-state index contributed by atoms with van der Waals surface area (Å²) in [5, 5.41) is 21.2. The number of ether oxygens (including phenoxy) is 3. The highest BCUT2D eigenvalue weighted by atomic mass is 32.2. The Morgan fingerprint density at radius 1 is 0.879 bits per heavy atom. The van der Waals surface area contributed by atoms with Crippen LogP contribution in [-0.2, 0) is 73.4 Å². The van der Waals surface area contributed by atoms with Crippen molar-refractivity contribution in [3.8, 4) is 23.3 Å². The number of anilines is 2. The lowest BCUT2D eigenvalue weighted by Crippen LogP contribution is -2.31. The summed E-state index contributed by atoms with van der Waals surface area (Å²) in [6, 6.07) is 20.6. The molecule has 6 heterocycles. The molecule has 2 amide bonds.